The lowest BCUT2D eigenvalue weighted by atomic mass is 10.0. The summed E-state index contributed by atoms with van der Waals surface area (Å²) in [4.78, 5) is 0. The van der Waals surface area contributed by atoms with Gasteiger partial charge in [-0.3, -0.25) is 0 Å². The van der Waals surface area contributed by atoms with E-state index in [1.807, 2.05) is 6.08 Å². The third-order valence-corrected chi connectivity index (χ3v) is 2.61. The summed E-state index contributed by atoms with van der Waals surface area (Å²) in [6.45, 7) is 7.71. The highest BCUT2D eigenvalue weighted by Crippen LogP contribution is 2.13. The molecular weight excluding hydrogens is 192 g/mol. The van der Waals surface area contributed by atoms with Gasteiger partial charge in [-0.1, -0.05) is 43.9 Å². The molecule has 0 radical (unpaired) electrons. The zero-order valence-corrected chi connectivity index (χ0v) is 9.99. The van der Waals surface area contributed by atoms with Crippen molar-refractivity contribution in [1.29, 1.82) is 0 Å². The monoisotopic (exact) mass is 214 g/mol. The van der Waals surface area contributed by atoms with Crippen LogP contribution in [0.1, 0.15) is 51.4 Å². The minimum atomic E-state index is 0.816. The van der Waals surface area contributed by atoms with Crippen LogP contribution in [0, 0.1) is 0 Å². The second kappa shape index (κ2) is 10.8. The first-order chi connectivity index (χ1) is 6.81. The molecule has 0 unspecified atom stereocenters. The fourth-order valence-corrected chi connectivity index (χ4v) is 1.67. The third-order valence-electron chi connectivity index (χ3n) is 2.35. The molecule has 0 aromatic carbocycles. The van der Waals surface area contributed by atoms with Gasteiger partial charge in [0, 0.05) is 5.88 Å². The smallest absolute Gasteiger partial charge is 0.0223 e. The Kier molecular flexibility index (Phi) is 10.7. The summed E-state index contributed by atoms with van der Waals surface area (Å²) in [5, 5.41) is 0. The maximum absolute atomic E-state index is 5.60. The Morgan fingerprint density at radius 2 is 1.57 bits per heavy atom. The van der Waals surface area contributed by atoms with Gasteiger partial charge in [-0.25, -0.2) is 0 Å². The number of allylic oxidation sites excluding steroid dienone is 2. The van der Waals surface area contributed by atoms with Gasteiger partial charge in [0.1, 0.15) is 0 Å². The predicted molar refractivity (Wildman–Crippen MR) is 67.0 cm³/mol. The Labute approximate surface area is 94.0 Å². The van der Waals surface area contributed by atoms with E-state index < -0.39 is 0 Å². The van der Waals surface area contributed by atoms with Crippen LogP contribution in [-0.2, 0) is 0 Å². The fraction of sp³-hybridized carbons (Fsp3) is 0.692. The SMILES string of the molecule is C=CCC(=C)CCCCCCCCCl. The molecule has 0 spiro atoms. The number of hydrogen-bond acceptors (Lipinski definition) is 0. The van der Waals surface area contributed by atoms with Crippen molar-refractivity contribution < 1.29 is 0 Å². The Morgan fingerprint density at radius 1 is 1.00 bits per heavy atom. The number of hydrogen-bond donors (Lipinski definition) is 0. The van der Waals surface area contributed by atoms with Gasteiger partial charge in [0.2, 0.25) is 0 Å². The minimum absolute atomic E-state index is 0.816. The summed E-state index contributed by atoms with van der Waals surface area (Å²) >= 11 is 5.60. The predicted octanol–water partition coefficient (Wildman–Crippen LogP) is 5.09. The Morgan fingerprint density at radius 3 is 2.14 bits per heavy atom. The molecule has 82 valence electrons. The Hall–Kier alpha value is -0.230. The Balaban J connectivity index is 3.05. The summed E-state index contributed by atoms with van der Waals surface area (Å²) in [6.07, 6.45) is 11.8. The van der Waals surface area contributed by atoms with Crippen LogP contribution in [-0.4, -0.2) is 5.88 Å². The topological polar surface area (TPSA) is 0 Å². The molecule has 14 heavy (non-hydrogen) atoms. The number of unbranched alkanes of at least 4 members (excludes halogenated alkanes) is 5. The molecular formula is C13H23Cl. The number of rotatable bonds is 10. The largest absolute Gasteiger partial charge is 0.127 e. The molecule has 0 atom stereocenters. The fourth-order valence-electron chi connectivity index (χ4n) is 1.48. The molecule has 0 aromatic heterocycles. The van der Waals surface area contributed by atoms with Crippen molar-refractivity contribution in [2.45, 2.75) is 51.4 Å². The molecule has 1 heteroatoms. The molecule has 0 aliphatic carbocycles. The van der Waals surface area contributed by atoms with Crippen LogP contribution in [0.25, 0.3) is 0 Å². The molecule has 0 amide bonds. The van der Waals surface area contributed by atoms with Gasteiger partial charge in [0.25, 0.3) is 0 Å². The lowest BCUT2D eigenvalue weighted by Gasteiger charge is -2.02. The lowest BCUT2D eigenvalue weighted by molar-refractivity contribution is 0.606. The van der Waals surface area contributed by atoms with E-state index in [0.29, 0.717) is 0 Å². The summed E-state index contributed by atoms with van der Waals surface area (Å²) in [6, 6.07) is 0. The van der Waals surface area contributed by atoms with Crippen LogP contribution in [0.5, 0.6) is 0 Å². The van der Waals surface area contributed by atoms with Gasteiger partial charge in [-0.05, 0) is 25.7 Å². The molecule has 0 aliphatic heterocycles. The second-order valence-electron chi connectivity index (χ2n) is 3.80. The summed E-state index contributed by atoms with van der Waals surface area (Å²) < 4.78 is 0. The van der Waals surface area contributed by atoms with E-state index in [4.69, 9.17) is 11.6 Å². The highest BCUT2D eigenvalue weighted by atomic mass is 35.5. The van der Waals surface area contributed by atoms with Gasteiger partial charge < -0.3 is 0 Å². The van der Waals surface area contributed by atoms with Crippen molar-refractivity contribution in [3.05, 3.63) is 24.8 Å². The Bertz CT molecular complexity index is 149. The highest BCUT2D eigenvalue weighted by molar-refractivity contribution is 6.17. The van der Waals surface area contributed by atoms with Crippen molar-refractivity contribution in [1.82, 2.24) is 0 Å². The van der Waals surface area contributed by atoms with E-state index in [1.54, 1.807) is 0 Å². The van der Waals surface area contributed by atoms with E-state index >= 15 is 0 Å². The van der Waals surface area contributed by atoms with E-state index in [1.165, 1.54) is 50.5 Å². The average Bonchev–Trinajstić information content (AvgIpc) is 2.17. The average molecular weight is 215 g/mol. The van der Waals surface area contributed by atoms with Crippen molar-refractivity contribution in [3.63, 3.8) is 0 Å². The minimum Gasteiger partial charge on any atom is -0.127 e. The molecule has 0 rings (SSSR count). The lowest BCUT2D eigenvalue weighted by Crippen LogP contribution is -1.83. The zero-order valence-electron chi connectivity index (χ0n) is 9.23. The van der Waals surface area contributed by atoms with Crippen LogP contribution < -0.4 is 0 Å². The maximum Gasteiger partial charge on any atom is 0.0223 e. The standard InChI is InChI=1S/C13H23Cl/c1-3-10-13(2)11-8-6-4-5-7-9-12-14/h3H,1-2,4-12H2. The molecule has 0 heterocycles. The van der Waals surface area contributed by atoms with Crippen molar-refractivity contribution >= 4 is 11.6 Å². The summed E-state index contributed by atoms with van der Waals surface area (Å²) in [5.41, 5.74) is 1.32. The molecule has 0 fully saturated rings. The van der Waals surface area contributed by atoms with E-state index in [-0.39, 0.29) is 0 Å². The van der Waals surface area contributed by atoms with Crippen LogP contribution >= 0.6 is 11.6 Å². The third kappa shape index (κ3) is 9.85. The highest BCUT2D eigenvalue weighted by Gasteiger charge is 1.93. The quantitative estimate of drug-likeness (QED) is 0.270. The molecule has 0 nitrogen and oxygen atoms in total. The van der Waals surface area contributed by atoms with E-state index in [2.05, 4.69) is 13.2 Å². The molecule has 0 saturated heterocycles. The molecule has 0 saturated carbocycles. The van der Waals surface area contributed by atoms with Gasteiger partial charge >= 0.3 is 0 Å². The second-order valence-corrected chi connectivity index (χ2v) is 4.18. The van der Waals surface area contributed by atoms with Crippen LogP contribution in [0.4, 0.5) is 0 Å². The first-order valence-electron chi connectivity index (χ1n) is 5.64. The van der Waals surface area contributed by atoms with Crippen LogP contribution in [0.15, 0.2) is 24.8 Å². The first-order valence-corrected chi connectivity index (χ1v) is 6.18. The van der Waals surface area contributed by atoms with Crippen molar-refractivity contribution in [2.24, 2.45) is 0 Å². The molecule has 0 aromatic rings. The summed E-state index contributed by atoms with van der Waals surface area (Å²) in [5.74, 6) is 0.816. The van der Waals surface area contributed by atoms with E-state index in [0.717, 1.165) is 12.3 Å². The van der Waals surface area contributed by atoms with Crippen molar-refractivity contribution in [2.75, 3.05) is 5.88 Å². The van der Waals surface area contributed by atoms with Crippen LogP contribution in [0.2, 0.25) is 0 Å². The van der Waals surface area contributed by atoms with Gasteiger partial charge in [0.05, 0.1) is 0 Å². The van der Waals surface area contributed by atoms with E-state index in [9.17, 15) is 0 Å². The van der Waals surface area contributed by atoms with Crippen molar-refractivity contribution in [3.8, 4) is 0 Å². The zero-order chi connectivity index (χ0) is 10.6. The number of alkyl halides is 1. The molecule has 0 bridgehead atoms. The normalized spacial score (nSPS) is 10.1. The number of halogens is 1. The van der Waals surface area contributed by atoms with Gasteiger partial charge in [-0.15, -0.1) is 18.2 Å². The first kappa shape index (κ1) is 13.8. The van der Waals surface area contributed by atoms with Crippen LogP contribution in [0.3, 0.4) is 0 Å². The van der Waals surface area contributed by atoms with Gasteiger partial charge in [0.15, 0.2) is 0 Å². The summed E-state index contributed by atoms with van der Waals surface area (Å²) in [7, 11) is 0. The molecule has 0 aliphatic rings. The maximum atomic E-state index is 5.60. The molecule has 0 N–H and O–H groups in total. The van der Waals surface area contributed by atoms with Gasteiger partial charge in [-0.2, -0.15) is 0 Å².